The van der Waals surface area contributed by atoms with Crippen molar-refractivity contribution in [2.45, 2.75) is 19.4 Å². The molecular weight excluding hydrogens is 302 g/mol. The lowest BCUT2D eigenvalue weighted by Crippen LogP contribution is -2.58. The maximum Gasteiger partial charge on any atom is 0.317 e. The lowest BCUT2D eigenvalue weighted by atomic mass is 9.77. The van der Waals surface area contributed by atoms with Gasteiger partial charge in [-0.1, -0.05) is 36.4 Å². The van der Waals surface area contributed by atoms with E-state index in [0.29, 0.717) is 6.61 Å². The van der Waals surface area contributed by atoms with Gasteiger partial charge < -0.3 is 9.84 Å². The van der Waals surface area contributed by atoms with Crippen LogP contribution in [0.25, 0.3) is 0 Å². The highest BCUT2D eigenvalue weighted by atomic mass is 16.5. The third-order valence-electron chi connectivity index (χ3n) is 5.03. The van der Waals surface area contributed by atoms with E-state index in [4.69, 9.17) is 9.84 Å². The molecule has 0 amide bonds. The van der Waals surface area contributed by atoms with Gasteiger partial charge in [-0.2, -0.15) is 0 Å². The minimum atomic E-state index is -0.739. The van der Waals surface area contributed by atoms with Crippen molar-refractivity contribution in [2.75, 3.05) is 19.6 Å². The SMILES string of the molecule is O=C(O)CN1CC2(Cc3ccc(OCc4ccccc4)cc3C2)C1. The number of aliphatic carboxylic acids is 1. The molecule has 1 aliphatic heterocycles. The summed E-state index contributed by atoms with van der Waals surface area (Å²) in [5, 5.41) is 8.88. The number of nitrogens with zero attached hydrogens (tertiary/aromatic N) is 1. The first-order chi connectivity index (χ1) is 11.6. The van der Waals surface area contributed by atoms with Crippen molar-refractivity contribution in [3.05, 3.63) is 65.2 Å². The number of benzene rings is 2. The molecule has 4 rings (SSSR count). The third kappa shape index (κ3) is 3.02. The van der Waals surface area contributed by atoms with Gasteiger partial charge in [-0.25, -0.2) is 0 Å². The summed E-state index contributed by atoms with van der Waals surface area (Å²) < 4.78 is 5.92. The largest absolute Gasteiger partial charge is 0.489 e. The zero-order valence-electron chi connectivity index (χ0n) is 13.6. The molecule has 1 aliphatic carbocycles. The van der Waals surface area contributed by atoms with Crippen molar-refractivity contribution < 1.29 is 14.6 Å². The summed E-state index contributed by atoms with van der Waals surface area (Å²) in [5.74, 6) is 0.174. The first-order valence-electron chi connectivity index (χ1n) is 8.35. The fourth-order valence-electron chi connectivity index (χ4n) is 4.07. The number of ether oxygens (including phenoxy) is 1. The fraction of sp³-hybridized carbons (Fsp3) is 0.350. The Hall–Kier alpha value is -2.33. The Labute approximate surface area is 141 Å². The number of rotatable bonds is 5. The first kappa shape index (κ1) is 15.2. The van der Waals surface area contributed by atoms with Crippen molar-refractivity contribution in [1.29, 1.82) is 0 Å². The lowest BCUT2D eigenvalue weighted by Gasteiger charge is -2.47. The van der Waals surface area contributed by atoms with Crippen LogP contribution in [0.5, 0.6) is 5.75 Å². The summed E-state index contributed by atoms with van der Waals surface area (Å²) in [5.41, 5.74) is 4.15. The van der Waals surface area contributed by atoms with Gasteiger partial charge in [-0.3, -0.25) is 9.69 Å². The second-order valence-corrected chi connectivity index (χ2v) is 7.10. The highest BCUT2D eigenvalue weighted by molar-refractivity contribution is 5.69. The normalized spacial score (nSPS) is 18.2. The van der Waals surface area contributed by atoms with Gasteiger partial charge in [0.1, 0.15) is 12.4 Å². The van der Waals surface area contributed by atoms with Crippen LogP contribution >= 0.6 is 0 Å². The Morgan fingerprint density at radius 3 is 2.58 bits per heavy atom. The topological polar surface area (TPSA) is 49.8 Å². The Morgan fingerprint density at radius 2 is 1.83 bits per heavy atom. The smallest absolute Gasteiger partial charge is 0.317 e. The van der Waals surface area contributed by atoms with E-state index in [1.807, 2.05) is 23.1 Å². The van der Waals surface area contributed by atoms with Crippen molar-refractivity contribution in [2.24, 2.45) is 5.41 Å². The minimum Gasteiger partial charge on any atom is -0.489 e. The van der Waals surface area contributed by atoms with Crippen molar-refractivity contribution in [3.8, 4) is 5.75 Å². The van der Waals surface area contributed by atoms with E-state index < -0.39 is 5.97 Å². The van der Waals surface area contributed by atoms with E-state index in [1.165, 1.54) is 11.1 Å². The number of fused-ring (bicyclic) bond motifs is 1. The molecule has 1 heterocycles. The Morgan fingerprint density at radius 1 is 1.08 bits per heavy atom. The highest BCUT2D eigenvalue weighted by Crippen LogP contribution is 2.44. The number of carbonyl (C=O) groups is 1. The molecule has 1 N–H and O–H groups in total. The van der Waals surface area contributed by atoms with E-state index in [0.717, 1.165) is 37.2 Å². The summed E-state index contributed by atoms with van der Waals surface area (Å²) in [6.07, 6.45) is 2.08. The van der Waals surface area contributed by atoms with Gasteiger partial charge in [0.05, 0.1) is 6.54 Å². The molecule has 2 aliphatic rings. The molecular formula is C20H21NO3. The standard InChI is InChI=1S/C20H21NO3/c22-19(23)11-21-13-20(14-21)9-16-6-7-18(8-17(16)10-20)24-12-15-4-2-1-3-5-15/h1-8H,9-14H2,(H,22,23). The van der Waals surface area contributed by atoms with Crippen LogP contribution in [0.2, 0.25) is 0 Å². The second-order valence-electron chi connectivity index (χ2n) is 7.10. The summed E-state index contributed by atoms with van der Waals surface area (Å²) in [4.78, 5) is 12.8. The molecule has 124 valence electrons. The number of hydrogen-bond donors (Lipinski definition) is 1. The Bertz CT molecular complexity index is 751. The number of likely N-dealkylation sites (tertiary alicyclic amines) is 1. The summed E-state index contributed by atoms with van der Waals surface area (Å²) in [7, 11) is 0. The summed E-state index contributed by atoms with van der Waals surface area (Å²) in [6.45, 7) is 2.50. The van der Waals surface area contributed by atoms with Crippen LogP contribution in [0.15, 0.2) is 48.5 Å². The van der Waals surface area contributed by atoms with Crippen LogP contribution < -0.4 is 4.74 Å². The molecule has 0 atom stereocenters. The monoisotopic (exact) mass is 323 g/mol. The zero-order valence-corrected chi connectivity index (χ0v) is 13.6. The molecule has 0 saturated carbocycles. The first-order valence-corrected chi connectivity index (χ1v) is 8.35. The molecule has 1 saturated heterocycles. The van der Waals surface area contributed by atoms with Crippen molar-refractivity contribution >= 4 is 5.97 Å². The van der Waals surface area contributed by atoms with E-state index in [9.17, 15) is 4.79 Å². The zero-order chi connectivity index (χ0) is 16.6. The summed E-state index contributed by atoms with van der Waals surface area (Å²) >= 11 is 0. The predicted octanol–water partition coefficient (Wildman–Crippen LogP) is 2.75. The van der Waals surface area contributed by atoms with Crippen molar-refractivity contribution in [1.82, 2.24) is 4.90 Å². The van der Waals surface area contributed by atoms with Crippen LogP contribution in [0.4, 0.5) is 0 Å². The molecule has 0 unspecified atom stereocenters. The molecule has 0 aromatic heterocycles. The van der Waals surface area contributed by atoms with Gasteiger partial charge in [0, 0.05) is 18.5 Å². The van der Waals surface area contributed by atoms with Crippen LogP contribution in [-0.2, 0) is 24.2 Å². The van der Waals surface area contributed by atoms with Gasteiger partial charge in [0.2, 0.25) is 0 Å². The van der Waals surface area contributed by atoms with Gasteiger partial charge in [0.25, 0.3) is 0 Å². The maximum absolute atomic E-state index is 10.8. The van der Waals surface area contributed by atoms with E-state index >= 15 is 0 Å². The van der Waals surface area contributed by atoms with E-state index in [-0.39, 0.29) is 12.0 Å². The van der Waals surface area contributed by atoms with Gasteiger partial charge in [-0.05, 0) is 41.7 Å². The molecule has 2 aromatic carbocycles. The van der Waals surface area contributed by atoms with Gasteiger partial charge in [-0.15, -0.1) is 0 Å². The highest BCUT2D eigenvalue weighted by Gasteiger charge is 2.47. The molecule has 0 radical (unpaired) electrons. The quantitative estimate of drug-likeness (QED) is 0.919. The summed E-state index contributed by atoms with van der Waals surface area (Å²) in [6, 6.07) is 16.5. The van der Waals surface area contributed by atoms with Crippen LogP contribution in [0.3, 0.4) is 0 Å². The fourth-order valence-corrected chi connectivity index (χ4v) is 4.07. The van der Waals surface area contributed by atoms with Gasteiger partial charge >= 0.3 is 5.97 Å². The van der Waals surface area contributed by atoms with Crippen LogP contribution in [-0.4, -0.2) is 35.6 Å². The van der Waals surface area contributed by atoms with E-state index in [2.05, 4.69) is 30.3 Å². The van der Waals surface area contributed by atoms with Crippen LogP contribution in [0.1, 0.15) is 16.7 Å². The van der Waals surface area contributed by atoms with Crippen molar-refractivity contribution in [3.63, 3.8) is 0 Å². The molecule has 1 spiro atoms. The molecule has 24 heavy (non-hydrogen) atoms. The third-order valence-corrected chi connectivity index (χ3v) is 5.03. The molecule has 2 aromatic rings. The average molecular weight is 323 g/mol. The minimum absolute atomic E-state index is 0.156. The number of carboxylic acid groups (broad SMARTS) is 1. The Balaban J connectivity index is 1.38. The predicted molar refractivity (Wildman–Crippen MR) is 91.1 cm³/mol. The van der Waals surface area contributed by atoms with Crippen LogP contribution in [0, 0.1) is 5.41 Å². The second kappa shape index (κ2) is 5.95. The molecule has 1 fully saturated rings. The average Bonchev–Trinajstić information content (AvgIpc) is 2.91. The molecule has 4 nitrogen and oxygen atoms in total. The van der Waals surface area contributed by atoms with Gasteiger partial charge in [0.15, 0.2) is 0 Å². The molecule has 4 heteroatoms. The maximum atomic E-state index is 10.8. The lowest BCUT2D eigenvalue weighted by molar-refractivity contribution is -0.141. The number of carboxylic acids is 1. The molecule has 0 bridgehead atoms. The Kier molecular flexibility index (Phi) is 3.77. The number of hydrogen-bond acceptors (Lipinski definition) is 3. The van der Waals surface area contributed by atoms with E-state index in [1.54, 1.807) is 0 Å².